The fourth-order valence-corrected chi connectivity index (χ4v) is 3.66. The van der Waals surface area contributed by atoms with Crippen molar-refractivity contribution in [3.63, 3.8) is 0 Å². The van der Waals surface area contributed by atoms with Crippen LogP contribution in [0.5, 0.6) is 0 Å². The minimum Gasteiger partial charge on any atom is -0.341 e. The van der Waals surface area contributed by atoms with Gasteiger partial charge in [-0.25, -0.2) is 9.18 Å². The van der Waals surface area contributed by atoms with Gasteiger partial charge in [-0.15, -0.1) is 0 Å². The highest BCUT2D eigenvalue weighted by Gasteiger charge is 2.52. The van der Waals surface area contributed by atoms with Crippen molar-refractivity contribution in [1.29, 1.82) is 0 Å². The molecule has 26 heavy (non-hydrogen) atoms. The van der Waals surface area contributed by atoms with Gasteiger partial charge in [0.2, 0.25) is 5.91 Å². The molecule has 3 rings (SSSR count). The van der Waals surface area contributed by atoms with Crippen molar-refractivity contribution in [2.24, 2.45) is 0 Å². The fraction of sp³-hybridized carbons (Fsp3) is 0.526. The molecule has 1 aromatic rings. The van der Waals surface area contributed by atoms with Crippen LogP contribution in [0.15, 0.2) is 24.3 Å². The molecule has 2 fully saturated rings. The number of amides is 4. The molecule has 2 saturated heterocycles. The van der Waals surface area contributed by atoms with Crippen molar-refractivity contribution >= 4 is 17.8 Å². The summed E-state index contributed by atoms with van der Waals surface area (Å²) in [5, 5.41) is 2.78. The minimum atomic E-state index is -1.23. The second-order valence-electron chi connectivity index (χ2n) is 6.93. The normalized spacial score (nSPS) is 22.8. The van der Waals surface area contributed by atoms with Gasteiger partial charge < -0.3 is 10.2 Å². The number of carbonyl (C=O) groups is 3. The molecular weight excluding hydrogens is 337 g/mol. The summed E-state index contributed by atoms with van der Waals surface area (Å²) in [6.45, 7) is 3.08. The third-order valence-electron chi connectivity index (χ3n) is 5.17. The van der Waals surface area contributed by atoms with Gasteiger partial charge in [0.05, 0.1) is 0 Å². The van der Waals surface area contributed by atoms with E-state index in [1.54, 1.807) is 4.90 Å². The van der Waals surface area contributed by atoms with Crippen LogP contribution in [0.4, 0.5) is 9.18 Å². The largest absolute Gasteiger partial charge is 0.341 e. The van der Waals surface area contributed by atoms with Crippen LogP contribution < -0.4 is 5.32 Å². The number of nitrogens with one attached hydrogen (secondary N) is 1. The molecule has 0 unspecified atom stereocenters. The van der Waals surface area contributed by atoms with Crippen LogP contribution in [0.3, 0.4) is 0 Å². The van der Waals surface area contributed by atoms with Crippen LogP contribution in [-0.2, 0) is 15.1 Å². The van der Waals surface area contributed by atoms with E-state index in [0.29, 0.717) is 25.1 Å². The number of hydrogen-bond donors (Lipinski definition) is 1. The third-order valence-corrected chi connectivity index (χ3v) is 5.17. The second kappa shape index (κ2) is 7.43. The van der Waals surface area contributed by atoms with E-state index in [4.69, 9.17) is 0 Å². The fourth-order valence-electron chi connectivity index (χ4n) is 3.66. The Hall–Kier alpha value is -2.44. The Kier molecular flexibility index (Phi) is 5.25. The number of imide groups is 1. The first-order chi connectivity index (χ1) is 12.5. The smallest absolute Gasteiger partial charge is 0.325 e. The molecule has 1 atom stereocenters. The average Bonchev–Trinajstić information content (AvgIpc) is 3.24. The molecular formula is C19H24FN3O3. The van der Waals surface area contributed by atoms with Crippen molar-refractivity contribution in [2.45, 2.75) is 44.6 Å². The molecule has 0 aliphatic carbocycles. The number of urea groups is 1. The lowest BCUT2D eigenvalue weighted by Gasteiger charge is -2.27. The lowest BCUT2D eigenvalue weighted by Crippen LogP contribution is -2.45. The highest BCUT2D eigenvalue weighted by molar-refractivity contribution is 6.09. The molecule has 0 aromatic heterocycles. The average molecular weight is 361 g/mol. The van der Waals surface area contributed by atoms with Gasteiger partial charge in [0.1, 0.15) is 17.9 Å². The molecule has 0 radical (unpaired) electrons. The first kappa shape index (κ1) is 18.4. The zero-order chi connectivity index (χ0) is 18.7. The summed E-state index contributed by atoms with van der Waals surface area (Å²) in [4.78, 5) is 40.7. The maximum absolute atomic E-state index is 13.3. The van der Waals surface area contributed by atoms with Crippen molar-refractivity contribution in [3.8, 4) is 0 Å². The lowest BCUT2D eigenvalue weighted by atomic mass is 9.85. The number of rotatable bonds is 6. The summed E-state index contributed by atoms with van der Waals surface area (Å²) in [7, 11) is 0. The minimum absolute atomic E-state index is 0.212. The molecule has 2 heterocycles. The monoisotopic (exact) mass is 361 g/mol. The predicted octanol–water partition coefficient (Wildman–Crippen LogP) is 2.39. The van der Waals surface area contributed by atoms with Crippen LogP contribution in [0.2, 0.25) is 0 Å². The van der Waals surface area contributed by atoms with E-state index >= 15 is 0 Å². The number of unbranched alkanes of at least 4 members (excludes halogenated alkanes) is 1. The van der Waals surface area contributed by atoms with E-state index < -0.39 is 23.3 Å². The van der Waals surface area contributed by atoms with Crippen molar-refractivity contribution in [1.82, 2.24) is 15.1 Å². The Morgan fingerprint density at radius 3 is 2.46 bits per heavy atom. The topological polar surface area (TPSA) is 69.7 Å². The van der Waals surface area contributed by atoms with Crippen LogP contribution in [0.25, 0.3) is 0 Å². The molecule has 140 valence electrons. The summed E-state index contributed by atoms with van der Waals surface area (Å²) < 4.78 is 13.3. The van der Waals surface area contributed by atoms with E-state index in [9.17, 15) is 18.8 Å². The van der Waals surface area contributed by atoms with Gasteiger partial charge in [-0.3, -0.25) is 14.5 Å². The first-order valence-corrected chi connectivity index (χ1v) is 9.16. The van der Waals surface area contributed by atoms with E-state index in [0.717, 1.165) is 30.6 Å². The molecule has 1 N–H and O–H groups in total. The van der Waals surface area contributed by atoms with Crippen LogP contribution in [0.1, 0.15) is 44.6 Å². The molecule has 7 heteroatoms. The summed E-state index contributed by atoms with van der Waals surface area (Å²) in [5.41, 5.74) is -0.687. The van der Waals surface area contributed by atoms with Crippen LogP contribution in [0, 0.1) is 5.82 Å². The Bertz CT molecular complexity index is 700. The molecule has 6 nitrogen and oxygen atoms in total. The maximum atomic E-state index is 13.3. The van der Waals surface area contributed by atoms with Crippen molar-refractivity contribution in [2.75, 3.05) is 19.6 Å². The Morgan fingerprint density at radius 2 is 1.85 bits per heavy atom. The van der Waals surface area contributed by atoms with E-state index in [-0.39, 0.29) is 12.5 Å². The van der Waals surface area contributed by atoms with Crippen LogP contribution in [-0.4, -0.2) is 47.3 Å². The number of benzene rings is 1. The van der Waals surface area contributed by atoms with Crippen molar-refractivity contribution in [3.05, 3.63) is 35.6 Å². The highest BCUT2D eigenvalue weighted by Crippen LogP contribution is 2.34. The van der Waals surface area contributed by atoms with Gasteiger partial charge in [0.15, 0.2) is 0 Å². The van der Waals surface area contributed by atoms with Gasteiger partial charge in [-0.2, -0.15) is 0 Å². The summed E-state index contributed by atoms with van der Waals surface area (Å²) in [6.07, 6.45) is 3.87. The summed E-state index contributed by atoms with van der Waals surface area (Å²) >= 11 is 0. The molecule has 4 amide bonds. The van der Waals surface area contributed by atoms with E-state index in [1.165, 1.54) is 24.3 Å². The second-order valence-corrected chi connectivity index (χ2v) is 6.93. The lowest BCUT2D eigenvalue weighted by molar-refractivity contribution is -0.138. The number of likely N-dealkylation sites (tertiary alicyclic amines) is 1. The quantitative estimate of drug-likeness (QED) is 0.791. The number of halogens is 1. The Labute approximate surface area is 152 Å². The summed E-state index contributed by atoms with van der Waals surface area (Å²) in [6, 6.07) is 5.04. The predicted molar refractivity (Wildman–Crippen MR) is 93.7 cm³/mol. The molecule has 0 bridgehead atoms. The third kappa shape index (κ3) is 3.30. The van der Waals surface area contributed by atoms with Crippen LogP contribution >= 0.6 is 0 Å². The van der Waals surface area contributed by atoms with E-state index in [1.807, 2.05) is 6.92 Å². The van der Waals surface area contributed by atoms with Crippen molar-refractivity contribution < 1.29 is 18.8 Å². The molecule has 1 aromatic carbocycles. The molecule has 0 saturated carbocycles. The number of hydrogen-bond acceptors (Lipinski definition) is 3. The SMILES string of the molecule is CCCC[C@]1(c2ccc(F)cc2)NC(=O)N(CC(=O)N2CCCC2)C1=O. The Balaban J connectivity index is 1.86. The maximum Gasteiger partial charge on any atom is 0.325 e. The number of nitrogens with zero attached hydrogens (tertiary/aromatic N) is 2. The summed E-state index contributed by atoms with van der Waals surface area (Å²) in [5.74, 6) is -1.05. The van der Waals surface area contributed by atoms with E-state index in [2.05, 4.69) is 5.32 Å². The first-order valence-electron chi connectivity index (χ1n) is 9.16. The van der Waals surface area contributed by atoms with Gasteiger partial charge in [-0.05, 0) is 37.0 Å². The zero-order valence-corrected chi connectivity index (χ0v) is 15.0. The molecule has 0 spiro atoms. The highest BCUT2D eigenvalue weighted by atomic mass is 19.1. The van der Waals surface area contributed by atoms with Gasteiger partial charge >= 0.3 is 6.03 Å². The standard InChI is InChI=1S/C19H24FN3O3/c1-2-3-10-19(14-6-8-15(20)9-7-14)17(25)23(18(26)21-19)13-16(24)22-11-4-5-12-22/h6-9H,2-5,10-13H2,1H3,(H,21,26)/t19-/m1/s1. The zero-order valence-electron chi connectivity index (χ0n) is 15.0. The van der Waals surface area contributed by atoms with Gasteiger partial charge in [0.25, 0.3) is 5.91 Å². The Morgan fingerprint density at radius 1 is 1.19 bits per heavy atom. The number of carbonyl (C=O) groups excluding carboxylic acids is 3. The molecule has 2 aliphatic rings. The van der Waals surface area contributed by atoms with Gasteiger partial charge in [0, 0.05) is 13.1 Å². The van der Waals surface area contributed by atoms with Gasteiger partial charge in [-0.1, -0.05) is 31.9 Å². The molecule has 2 aliphatic heterocycles.